The van der Waals surface area contributed by atoms with Gasteiger partial charge < -0.3 is 4.98 Å². The topological polar surface area (TPSA) is 50.2 Å². The molecule has 104 valence electrons. The molecule has 3 heterocycles. The van der Waals surface area contributed by atoms with Gasteiger partial charge in [-0.25, -0.2) is 4.98 Å². The minimum Gasteiger partial charge on any atom is -0.306 e. The molecule has 0 atom stereocenters. The first-order chi connectivity index (χ1) is 10.8. The fourth-order valence-electron chi connectivity index (χ4n) is 3.14. The first-order valence-electron chi connectivity index (χ1n) is 7.13. The number of fused-ring (bicyclic) bond motifs is 7. The summed E-state index contributed by atoms with van der Waals surface area (Å²) in [4.78, 5) is 20.1. The maximum Gasteiger partial charge on any atom is 0.257 e. The van der Waals surface area contributed by atoms with E-state index < -0.39 is 0 Å². The highest BCUT2D eigenvalue weighted by molar-refractivity contribution is 6.06. The van der Waals surface area contributed by atoms with Crippen LogP contribution in [0.1, 0.15) is 0 Å². The lowest BCUT2D eigenvalue weighted by Crippen LogP contribution is -2.06. The van der Waals surface area contributed by atoms with Crippen LogP contribution in [0.2, 0.25) is 0 Å². The number of H-pyrrole nitrogens is 1. The van der Waals surface area contributed by atoms with E-state index in [2.05, 4.69) is 17.1 Å². The SMILES string of the molecule is O=c1[nH]c2c(nc3c4ccccc4ccn32)c2ccccc12. The molecule has 5 rings (SSSR count). The molecule has 5 aromatic rings. The molecule has 0 spiro atoms. The van der Waals surface area contributed by atoms with E-state index in [1.165, 1.54) is 0 Å². The summed E-state index contributed by atoms with van der Waals surface area (Å²) >= 11 is 0. The Morgan fingerprint density at radius 1 is 0.864 bits per heavy atom. The van der Waals surface area contributed by atoms with Crippen LogP contribution in [0.5, 0.6) is 0 Å². The Kier molecular flexibility index (Phi) is 2.07. The van der Waals surface area contributed by atoms with Crippen LogP contribution in [0.3, 0.4) is 0 Å². The lowest BCUT2D eigenvalue weighted by atomic mass is 10.1. The van der Waals surface area contributed by atoms with Crippen molar-refractivity contribution in [3.8, 4) is 0 Å². The Hall–Kier alpha value is -3.14. The standard InChI is InChI=1S/C18H11N3O/c22-18-14-8-4-3-7-13(14)15-17(20-18)21-10-9-11-5-1-2-6-12(11)16(21)19-15/h1-10H,(H,20,22). The average molecular weight is 285 g/mol. The molecule has 0 bridgehead atoms. The summed E-state index contributed by atoms with van der Waals surface area (Å²) in [6.07, 6.45) is 1.96. The smallest absolute Gasteiger partial charge is 0.257 e. The van der Waals surface area contributed by atoms with Gasteiger partial charge in [0, 0.05) is 22.4 Å². The maximum absolute atomic E-state index is 12.3. The van der Waals surface area contributed by atoms with Crippen molar-refractivity contribution in [1.82, 2.24) is 14.4 Å². The van der Waals surface area contributed by atoms with Crippen LogP contribution in [-0.2, 0) is 0 Å². The first-order valence-corrected chi connectivity index (χ1v) is 7.13. The molecule has 4 nitrogen and oxygen atoms in total. The summed E-state index contributed by atoms with van der Waals surface area (Å²) in [6.45, 7) is 0. The second-order valence-corrected chi connectivity index (χ2v) is 5.41. The molecule has 0 aliphatic rings. The summed E-state index contributed by atoms with van der Waals surface area (Å²) in [7, 11) is 0. The normalized spacial score (nSPS) is 11.8. The zero-order valence-corrected chi connectivity index (χ0v) is 11.6. The molecule has 0 saturated carbocycles. The first kappa shape index (κ1) is 11.5. The highest BCUT2D eigenvalue weighted by atomic mass is 16.1. The van der Waals surface area contributed by atoms with Gasteiger partial charge in [-0.3, -0.25) is 9.20 Å². The molecule has 0 aliphatic heterocycles. The van der Waals surface area contributed by atoms with E-state index in [1.807, 2.05) is 53.1 Å². The second-order valence-electron chi connectivity index (χ2n) is 5.41. The fourth-order valence-corrected chi connectivity index (χ4v) is 3.14. The van der Waals surface area contributed by atoms with Crippen LogP contribution in [-0.4, -0.2) is 14.4 Å². The lowest BCUT2D eigenvalue weighted by molar-refractivity contribution is 1.18. The van der Waals surface area contributed by atoms with Crippen LogP contribution in [0.25, 0.3) is 38.4 Å². The summed E-state index contributed by atoms with van der Waals surface area (Å²) < 4.78 is 1.95. The van der Waals surface area contributed by atoms with Gasteiger partial charge in [-0.2, -0.15) is 0 Å². The van der Waals surface area contributed by atoms with E-state index in [0.717, 1.165) is 33.0 Å². The average Bonchev–Trinajstić information content (AvgIpc) is 2.94. The van der Waals surface area contributed by atoms with Crippen molar-refractivity contribution in [3.05, 3.63) is 71.1 Å². The minimum atomic E-state index is -0.0851. The number of benzene rings is 2. The summed E-state index contributed by atoms with van der Waals surface area (Å²) in [6, 6.07) is 17.7. The van der Waals surface area contributed by atoms with Gasteiger partial charge >= 0.3 is 0 Å². The van der Waals surface area contributed by atoms with E-state index in [4.69, 9.17) is 4.98 Å². The number of rotatable bonds is 0. The van der Waals surface area contributed by atoms with Gasteiger partial charge in [0.05, 0.1) is 0 Å². The number of aromatic nitrogens is 3. The van der Waals surface area contributed by atoms with E-state index in [-0.39, 0.29) is 5.56 Å². The zero-order valence-electron chi connectivity index (χ0n) is 11.6. The lowest BCUT2D eigenvalue weighted by Gasteiger charge is -2.00. The fraction of sp³-hybridized carbons (Fsp3) is 0. The highest BCUT2D eigenvalue weighted by Gasteiger charge is 2.12. The predicted octanol–water partition coefficient (Wildman–Crippen LogP) is 3.48. The summed E-state index contributed by atoms with van der Waals surface area (Å²) in [5.41, 5.74) is 2.34. The van der Waals surface area contributed by atoms with Gasteiger partial charge in [0.2, 0.25) is 0 Å². The Morgan fingerprint density at radius 3 is 2.45 bits per heavy atom. The van der Waals surface area contributed by atoms with Crippen LogP contribution in [0.4, 0.5) is 0 Å². The van der Waals surface area contributed by atoms with Crippen LogP contribution >= 0.6 is 0 Å². The molecule has 3 aromatic heterocycles. The summed E-state index contributed by atoms with van der Waals surface area (Å²) in [5, 5.41) is 3.76. The number of pyridine rings is 2. The molecule has 0 unspecified atom stereocenters. The monoisotopic (exact) mass is 285 g/mol. The highest BCUT2D eigenvalue weighted by Crippen LogP contribution is 2.26. The number of hydrogen-bond acceptors (Lipinski definition) is 2. The molecule has 22 heavy (non-hydrogen) atoms. The number of aromatic amines is 1. The Balaban J connectivity index is 2.13. The van der Waals surface area contributed by atoms with Gasteiger partial charge in [0.25, 0.3) is 5.56 Å². The maximum atomic E-state index is 12.3. The molecule has 2 aromatic carbocycles. The Labute approximate surface area is 124 Å². The Bertz CT molecular complexity index is 1250. The van der Waals surface area contributed by atoms with Crippen molar-refractivity contribution in [1.29, 1.82) is 0 Å². The number of imidazole rings is 1. The molecular formula is C18H11N3O. The van der Waals surface area contributed by atoms with E-state index in [1.54, 1.807) is 0 Å². The van der Waals surface area contributed by atoms with Gasteiger partial charge in [-0.1, -0.05) is 42.5 Å². The van der Waals surface area contributed by atoms with Crippen molar-refractivity contribution in [3.63, 3.8) is 0 Å². The largest absolute Gasteiger partial charge is 0.306 e. The minimum absolute atomic E-state index is 0.0851. The van der Waals surface area contributed by atoms with Crippen molar-refractivity contribution in [2.45, 2.75) is 0 Å². The van der Waals surface area contributed by atoms with Crippen molar-refractivity contribution < 1.29 is 0 Å². The molecule has 4 heteroatoms. The van der Waals surface area contributed by atoms with Crippen molar-refractivity contribution in [2.24, 2.45) is 0 Å². The van der Waals surface area contributed by atoms with E-state index >= 15 is 0 Å². The van der Waals surface area contributed by atoms with Gasteiger partial charge in [0.1, 0.15) is 16.8 Å². The molecule has 0 aliphatic carbocycles. The number of hydrogen-bond donors (Lipinski definition) is 1. The number of nitrogens with one attached hydrogen (secondary N) is 1. The van der Waals surface area contributed by atoms with E-state index in [0.29, 0.717) is 5.39 Å². The quantitative estimate of drug-likeness (QED) is 0.473. The van der Waals surface area contributed by atoms with Crippen LogP contribution in [0.15, 0.2) is 65.6 Å². The van der Waals surface area contributed by atoms with Crippen LogP contribution in [0, 0.1) is 0 Å². The molecule has 0 saturated heterocycles. The molecule has 0 fully saturated rings. The van der Waals surface area contributed by atoms with Gasteiger partial charge in [-0.05, 0) is 17.5 Å². The molecule has 1 N–H and O–H groups in total. The Morgan fingerprint density at radius 2 is 1.59 bits per heavy atom. The van der Waals surface area contributed by atoms with Crippen molar-refractivity contribution >= 4 is 38.4 Å². The predicted molar refractivity (Wildman–Crippen MR) is 88.3 cm³/mol. The molecule has 0 amide bonds. The van der Waals surface area contributed by atoms with Gasteiger partial charge in [0.15, 0.2) is 0 Å². The summed E-state index contributed by atoms with van der Waals surface area (Å²) in [5.74, 6) is 0. The number of nitrogens with zero attached hydrogens (tertiary/aromatic N) is 2. The molecule has 0 radical (unpaired) electrons. The third-order valence-corrected chi connectivity index (χ3v) is 4.17. The molecular weight excluding hydrogens is 274 g/mol. The zero-order chi connectivity index (χ0) is 14.7. The second kappa shape index (κ2) is 3.95. The third-order valence-electron chi connectivity index (χ3n) is 4.17. The van der Waals surface area contributed by atoms with Crippen LogP contribution < -0.4 is 5.56 Å². The third kappa shape index (κ3) is 1.36. The van der Waals surface area contributed by atoms with Crippen molar-refractivity contribution in [2.75, 3.05) is 0 Å². The van der Waals surface area contributed by atoms with E-state index in [9.17, 15) is 4.79 Å². The van der Waals surface area contributed by atoms with Gasteiger partial charge in [-0.15, -0.1) is 0 Å².